The van der Waals surface area contributed by atoms with E-state index in [-0.39, 0.29) is 5.84 Å². The molecule has 6 heteroatoms. The molecule has 0 aliphatic carbocycles. The minimum atomic E-state index is 0.0636. The third kappa shape index (κ3) is 3.61. The molecule has 3 N–H and O–H groups in total. The Balaban J connectivity index is 2.35. The minimum Gasteiger partial charge on any atom is -0.497 e. The van der Waals surface area contributed by atoms with Crippen molar-refractivity contribution in [3.05, 3.63) is 48.0 Å². The van der Waals surface area contributed by atoms with Gasteiger partial charge in [-0.1, -0.05) is 16.9 Å². The van der Waals surface area contributed by atoms with Crippen LogP contribution in [0.1, 0.15) is 5.56 Å². The van der Waals surface area contributed by atoms with E-state index in [4.69, 9.17) is 20.4 Å². The highest BCUT2D eigenvalue weighted by atomic mass is 32.2. The Kier molecular flexibility index (Phi) is 4.94. The van der Waals surface area contributed by atoms with Gasteiger partial charge in [0.05, 0.1) is 14.2 Å². The van der Waals surface area contributed by atoms with Gasteiger partial charge in [-0.25, -0.2) is 0 Å². The first-order valence-electron chi connectivity index (χ1n) is 6.15. The zero-order valence-corrected chi connectivity index (χ0v) is 12.6. The molecule has 0 radical (unpaired) electrons. The Hall–Kier alpha value is -2.34. The summed E-state index contributed by atoms with van der Waals surface area (Å²) in [7, 11) is 3.22. The maximum absolute atomic E-state index is 8.88. The summed E-state index contributed by atoms with van der Waals surface area (Å²) in [5.41, 5.74) is 6.36. The highest BCUT2D eigenvalue weighted by molar-refractivity contribution is 7.99. The summed E-state index contributed by atoms with van der Waals surface area (Å²) < 4.78 is 10.4. The van der Waals surface area contributed by atoms with Crippen molar-refractivity contribution in [3.8, 4) is 11.5 Å². The van der Waals surface area contributed by atoms with Crippen molar-refractivity contribution in [2.45, 2.75) is 9.79 Å². The molecule has 2 rings (SSSR count). The number of hydrogen-bond acceptors (Lipinski definition) is 5. The molecule has 2 aromatic rings. The second-order valence-electron chi connectivity index (χ2n) is 4.12. The predicted molar refractivity (Wildman–Crippen MR) is 82.6 cm³/mol. The summed E-state index contributed by atoms with van der Waals surface area (Å²) in [6.07, 6.45) is 0. The van der Waals surface area contributed by atoms with Crippen LogP contribution in [0.15, 0.2) is 57.4 Å². The Bertz CT molecular complexity index is 642. The fourth-order valence-corrected chi connectivity index (χ4v) is 2.73. The lowest BCUT2D eigenvalue weighted by Crippen LogP contribution is -2.14. The number of nitrogens with zero attached hydrogens (tertiary/aromatic N) is 1. The van der Waals surface area contributed by atoms with Crippen LogP contribution in [0.4, 0.5) is 0 Å². The lowest BCUT2D eigenvalue weighted by atomic mass is 10.2. The van der Waals surface area contributed by atoms with Crippen LogP contribution < -0.4 is 15.2 Å². The van der Waals surface area contributed by atoms with Crippen molar-refractivity contribution in [1.29, 1.82) is 0 Å². The topological polar surface area (TPSA) is 77.1 Å². The van der Waals surface area contributed by atoms with Crippen molar-refractivity contribution >= 4 is 17.6 Å². The smallest absolute Gasteiger partial charge is 0.171 e. The van der Waals surface area contributed by atoms with Crippen LogP contribution in [0.3, 0.4) is 0 Å². The van der Waals surface area contributed by atoms with Gasteiger partial charge < -0.3 is 20.4 Å². The van der Waals surface area contributed by atoms with Gasteiger partial charge in [0.15, 0.2) is 5.84 Å². The van der Waals surface area contributed by atoms with Gasteiger partial charge in [0.25, 0.3) is 0 Å². The van der Waals surface area contributed by atoms with Crippen LogP contribution in [0, 0.1) is 0 Å². The number of oxime groups is 1. The predicted octanol–water partition coefficient (Wildman–Crippen LogP) is 2.95. The Morgan fingerprint density at radius 3 is 2.24 bits per heavy atom. The highest BCUT2D eigenvalue weighted by Crippen LogP contribution is 2.33. The molecule has 0 atom stereocenters. The summed E-state index contributed by atoms with van der Waals surface area (Å²) in [4.78, 5) is 1.85. The summed E-state index contributed by atoms with van der Waals surface area (Å²) >= 11 is 1.50. The van der Waals surface area contributed by atoms with Gasteiger partial charge in [-0.05, 0) is 42.5 Å². The minimum absolute atomic E-state index is 0.0636. The second kappa shape index (κ2) is 6.90. The van der Waals surface area contributed by atoms with Crippen molar-refractivity contribution in [3.63, 3.8) is 0 Å². The average Bonchev–Trinajstić information content (AvgIpc) is 2.54. The van der Waals surface area contributed by atoms with Crippen LogP contribution in [-0.4, -0.2) is 25.3 Å². The molecule has 0 aromatic heterocycles. The van der Waals surface area contributed by atoms with Crippen LogP contribution >= 0.6 is 11.8 Å². The van der Waals surface area contributed by atoms with Crippen molar-refractivity contribution < 1.29 is 14.7 Å². The first-order valence-corrected chi connectivity index (χ1v) is 6.97. The van der Waals surface area contributed by atoms with Gasteiger partial charge in [-0.2, -0.15) is 0 Å². The zero-order valence-electron chi connectivity index (χ0n) is 11.7. The monoisotopic (exact) mass is 304 g/mol. The molecule has 0 aliphatic heterocycles. The zero-order chi connectivity index (χ0) is 15.2. The van der Waals surface area contributed by atoms with E-state index < -0.39 is 0 Å². The van der Waals surface area contributed by atoms with E-state index in [2.05, 4.69) is 5.16 Å². The third-order valence-electron chi connectivity index (χ3n) is 2.86. The third-order valence-corrected chi connectivity index (χ3v) is 3.93. The van der Waals surface area contributed by atoms with Gasteiger partial charge in [0.1, 0.15) is 11.5 Å². The normalized spacial score (nSPS) is 11.2. The molecule has 0 saturated carbocycles. The van der Waals surface area contributed by atoms with Crippen molar-refractivity contribution in [1.82, 2.24) is 0 Å². The van der Waals surface area contributed by atoms with E-state index >= 15 is 0 Å². The summed E-state index contributed by atoms with van der Waals surface area (Å²) in [6, 6.07) is 13.0. The summed E-state index contributed by atoms with van der Waals surface area (Å²) in [5.74, 6) is 1.57. The van der Waals surface area contributed by atoms with E-state index in [0.717, 1.165) is 15.5 Å². The van der Waals surface area contributed by atoms with Gasteiger partial charge >= 0.3 is 0 Å². The molecule has 0 saturated heterocycles. The van der Waals surface area contributed by atoms with Crippen LogP contribution in [0.2, 0.25) is 0 Å². The number of hydrogen-bond donors (Lipinski definition) is 2. The number of ether oxygens (including phenoxy) is 2. The first kappa shape index (κ1) is 15.1. The molecule has 0 amide bonds. The average molecular weight is 304 g/mol. The molecule has 0 unspecified atom stereocenters. The van der Waals surface area contributed by atoms with E-state index in [1.807, 2.05) is 30.3 Å². The lowest BCUT2D eigenvalue weighted by molar-refractivity contribution is 0.318. The van der Waals surface area contributed by atoms with Crippen LogP contribution in [-0.2, 0) is 0 Å². The molecular formula is C15H16N2O3S. The number of benzene rings is 2. The quantitative estimate of drug-likeness (QED) is 0.384. The number of rotatable bonds is 5. The summed E-state index contributed by atoms with van der Waals surface area (Å²) in [5, 5.41) is 11.9. The van der Waals surface area contributed by atoms with Crippen LogP contribution in [0.25, 0.3) is 0 Å². The Morgan fingerprint density at radius 2 is 1.67 bits per heavy atom. The maximum atomic E-state index is 8.88. The molecule has 110 valence electrons. The van der Waals surface area contributed by atoms with Gasteiger partial charge in [0.2, 0.25) is 0 Å². The Morgan fingerprint density at radius 1 is 1.05 bits per heavy atom. The number of methoxy groups -OCH3 is 2. The van der Waals surface area contributed by atoms with Gasteiger partial charge in [-0.3, -0.25) is 0 Å². The molecular weight excluding hydrogens is 288 g/mol. The fourth-order valence-electron chi connectivity index (χ4n) is 1.75. The van der Waals surface area contributed by atoms with Gasteiger partial charge in [0, 0.05) is 15.4 Å². The SMILES string of the molecule is COc1ccc(Sc2cc(OC)ccc2/C(N)=N/O)cc1. The summed E-state index contributed by atoms with van der Waals surface area (Å²) in [6.45, 7) is 0. The van der Waals surface area contributed by atoms with Crippen molar-refractivity contribution in [2.24, 2.45) is 10.9 Å². The molecule has 2 aromatic carbocycles. The molecule has 0 aliphatic rings. The fraction of sp³-hybridized carbons (Fsp3) is 0.133. The van der Waals surface area contributed by atoms with E-state index in [1.54, 1.807) is 26.4 Å². The van der Waals surface area contributed by atoms with Crippen molar-refractivity contribution in [2.75, 3.05) is 14.2 Å². The lowest BCUT2D eigenvalue weighted by Gasteiger charge is -2.10. The molecule has 21 heavy (non-hydrogen) atoms. The first-order chi connectivity index (χ1) is 10.2. The van der Waals surface area contributed by atoms with E-state index in [1.165, 1.54) is 11.8 Å². The Labute approximate surface area is 127 Å². The molecule has 0 spiro atoms. The molecule has 0 fully saturated rings. The highest BCUT2D eigenvalue weighted by Gasteiger charge is 2.10. The molecule has 0 bridgehead atoms. The number of nitrogens with two attached hydrogens (primary N) is 1. The standard InChI is InChI=1S/C15H16N2O3S/c1-19-10-3-6-12(7-4-10)21-14-9-11(20-2)5-8-13(14)15(16)17-18/h3-9,18H,1-2H3,(H2,16,17). The van der Waals surface area contributed by atoms with E-state index in [9.17, 15) is 0 Å². The van der Waals surface area contributed by atoms with E-state index in [0.29, 0.717) is 11.3 Å². The molecule has 0 heterocycles. The van der Waals surface area contributed by atoms with Crippen LogP contribution in [0.5, 0.6) is 11.5 Å². The number of amidine groups is 1. The maximum Gasteiger partial charge on any atom is 0.171 e. The molecule has 5 nitrogen and oxygen atoms in total. The largest absolute Gasteiger partial charge is 0.497 e. The second-order valence-corrected chi connectivity index (χ2v) is 5.24. The van der Waals surface area contributed by atoms with Gasteiger partial charge in [-0.15, -0.1) is 0 Å².